The molecule has 12 nitrogen and oxygen atoms in total. The van der Waals surface area contributed by atoms with Crippen molar-refractivity contribution < 1.29 is 23.6 Å². The van der Waals surface area contributed by atoms with Crippen LogP contribution in [0, 0.1) is 6.92 Å². The fourth-order valence-electron chi connectivity index (χ4n) is 6.55. The SMILES string of the molecule is Cc1sc(C2CCNCC2)nc1CC(=O)N1C[C@H](OCc2ccc(Cl)cc2)C[C@H]1C(=O)N[C@@H](CCCCN)C(=O)c1noc(-c2ccccc2)n1. The summed E-state index contributed by atoms with van der Waals surface area (Å²) in [6.07, 6.45) is 3.57. The molecule has 0 saturated carbocycles. The molecule has 4 N–H and O–H groups in total. The van der Waals surface area contributed by atoms with Crippen molar-refractivity contribution in [1.29, 1.82) is 0 Å². The number of likely N-dealkylation sites (tertiary alicyclic amines) is 1. The Bertz CT molecular complexity index is 1780. The molecule has 3 atom stereocenters. The average molecular weight is 734 g/mol. The summed E-state index contributed by atoms with van der Waals surface area (Å²) in [5.74, 6) is -0.662. The van der Waals surface area contributed by atoms with Crippen molar-refractivity contribution in [3.63, 3.8) is 0 Å². The maximum absolute atomic E-state index is 14.1. The maximum atomic E-state index is 14.1. The lowest BCUT2D eigenvalue weighted by Crippen LogP contribution is -2.51. The number of rotatable bonds is 15. The molecule has 270 valence electrons. The highest BCUT2D eigenvalue weighted by atomic mass is 35.5. The number of thiazole rings is 1. The first-order chi connectivity index (χ1) is 24.8. The monoisotopic (exact) mass is 733 g/mol. The number of carbonyl (C=O) groups is 3. The standard InChI is InChI=1S/C37H44ClN7O5S/c1-23-30(42-37(51-23)26-14-17-40-18-15-26)20-32(46)45-21-28(49-22-24-10-12-27(38)13-11-24)19-31(45)35(48)41-29(9-5-6-16-39)33(47)34-43-36(50-44-34)25-7-3-2-4-8-25/h2-4,7-8,10-13,26,28-29,31,40H,5-6,9,14-22,39H2,1H3,(H,41,48)/t28-,29+,31+/m1/s1. The van der Waals surface area contributed by atoms with Gasteiger partial charge in [-0.3, -0.25) is 14.4 Å². The van der Waals surface area contributed by atoms with E-state index in [-0.39, 0.29) is 37.0 Å². The highest BCUT2D eigenvalue weighted by Crippen LogP contribution is 2.32. The molecule has 2 aliphatic rings. The zero-order valence-corrected chi connectivity index (χ0v) is 30.3. The highest BCUT2D eigenvalue weighted by Gasteiger charge is 2.42. The van der Waals surface area contributed by atoms with Gasteiger partial charge >= 0.3 is 0 Å². The summed E-state index contributed by atoms with van der Waals surface area (Å²) < 4.78 is 11.6. The lowest BCUT2D eigenvalue weighted by atomic mass is 9.99. The van der Waals surface area contributed by atoms with Crippen molar-refractivity contribution in [2.24, 2.45) is 5.73 Å². The van der Waals surface area contributed by atoms with Crippen LogP contribution >= 0.6 is 22.9 Å². The van der Waals surface area contributed by atoms with Crippen molar-refractivity contribution in [2.45, 2.75) is 82.6 Å². The minimum absolute atomic E-state index is 0.0744. The summed E-state index contributed by atoms with van der Waals surface area (Å²) in [4.78, 5) is 53.7. The molecule has 0 unspecified atom stereocenters. The van der Waals surface area contributed by atoms with Crippen LogP contribution in [-0.4, -0.2) is 82.0 Å². The fourth-order valence-corrected chi connectivity index (χ4v) is 7.78. The molecule has 4 heterocycles. The van der Waals surface area contributed by atoms with Gasteiger partial charge in [0.05, 0.1) is 35.9 Å². The number of hydrogen-bond donors (Lipinski definition) is 3. The van der Waals surface area contributed by atoms with E-state index < -0.39 is 29.9 Å². The van der Waals surface area contributed by atoms with Gasteiger partial charge in [-0.05, 0) is 88.5 Å². The summed E-state index contributed by atoms with van der Waals surface area (Å²) >= 11 is 7.71. The average Bonchev–Trinajstić information content (AvgIpc) is 3.91. The molecular formula is C37H44ClN7O5S. The van der Waals surface area contributed by atoms with Crippen LogP contribution in [0.1, 0.15) is 76.2 Å². The number of nitrogens with zero attached hydrogens (tertiary/aromatic N) is 4. The number of nitrogens with one attached hydrogen (secondary N) is 2. The number of unbranched alkanes of at least 4 members (excludes halogenated alkanes) is 1. The van der Waals surface area contributed by atoms with Gasteiger partial charge in [-0.25, -0.2) is 4.98 Å². The van der Waals surface area contributed by atoms with E-state index in [0.717, 1.165) is 47.1 Å². The van der Waals surface area contributed by atoms with Crippen LogP contribution in [0.15, 0.2) is 59.1 Å². The second kappa shape index (κ2) is 17.5. The van der Waals surface area contributed by atoms with E-state index in [9.17, 15) is 14.4 Å². The molecule has 0 radical (unpaired) electrons. The summed E-state index contributed by atoms with van der Waals surface area (Å²) in [5, 5.41) is 12.0. The third-order valence-corrected chi connectivity index (χ3v) is 10.9. The third-order valence-electron chi connectivity index (χ3n) is 9.45. The Kier molecular flexibility index (Phi) is 12.6. The molecule has 51 heavy (non-hydrogen) atoms. The molecule has 2 aromatic carbocycles. The number of halogens is 1. The van der Waals surface area contributed by atoms with E-state index in [1.807, 2.05) is 37.3 Å². The molecule has 0 aliphatic carbocycles. The predicted octanol–water partition coefficient (Wildman–Crippen LogP) is 4.85. The Morgan fingerprint density at radius 2 is 1.86 bits per heavy atom. The number of Topliss-reactive ketones (excluding diaryl/α,β-unsaturated/α-hetero) is 1. The molecule has 14 heteroatoms. The lowest BCUT2D eigenvalue weighted by Gasteiger charge is -2.25. The normalized spacial score (nSPS) is 18.5. The van der Waals surface area contributed by atoms with E-state index in [4.69, 9.17) is 31.6 Å². The van der Waals surface area contributed by atoms with Crippen LogP contribution < -0.4 is 16.4 Å². The second-order valence-corrected chi connectivity index (χ2v) is 14.8. The zero-order chi connectivity index (χ0) is 35.7. The van der Waals surface area contributed by atoms with Crippen LogP contribution in [0.2, 0.25) is 5.02 Å². The molecular weight excluding hydrogens is 690 g/mol. The third kappa shape index (κ3) is 9.46. The van der Waals surface area contributed by atoms with Gasteiger partial charge in [-0.15, -0.1) is 11.3 Å². The molecule has 6 rings (SSSR count). The van der Waals surface area contributed by atoms with Gasteiger partial charge in [-0.2, -0.15) is 4.98 Å². The number of benzene rings is 2. The Balaban J connectivity index is 1.19. The van der Waals surface area contributed by atoms with Gasteiger partial charge in [-0.1, -0.05) is 47.1 Å². The van der Waals surface area contributed by atoms with E-state index in [1.54, 1.807) is 40.5 Å². The Hall–Kier alpha value is -4.01. The van der Waals surface area contributed by atoms with Gasteiger partial charge in [0.15, 0.2) is 0 Å². The number of aryl methyl sites for hydroxylation is 1. The Morgan fingerprint density at radius 3 is 2.61 bits per heavy atom. The largest absolute Gasteiger partial charge is 0.372 e. The molecule has 2 saturated heterocycles. The fraction of sp³-hybridized carbons (Fsp3) is 0.459. The number of ketones is 1. The number of aromatic nitrogens is 3. The van der Waals surface area contributed by atoms with Crippen LogP contribution in [-0.2, 0) is 27.4 Å². The minimum Gasteiger partial charge on any atom is -0.372 e. The molecule has 2 aromatic heterocycles. The van der Waals surface area contributed by atoms with Crippen LogP contribution in [0.3, 0.4) is 0 Å². The first-order valence-electron chi connectivity index (χ1n) is 17.5. The molecule has 0 bridgehead atoms. The minimum atomic E-state index is -0.940. The smallest absolute Gasteiger partial charge is 0.258 e. The summed E-state index contributed by atoms with van der Waals surface area (Å²) in [7, 11) is 0. The van der Waals surface area contributed by atoms with Gasteiger partial charge in [0.25, 0.3) is 5.89 Å². The van der Waals surface area contributed by atoms with E-state index in [0.29, 0.717) is 48.9 Å². The van der Waals surface area contributed by atoms with Crippen molar-refractivity contribution in [3.05, 3.63) is 86.6 Å². The molecule has 4 aromatic rings. The molecule has 2 fully saturated rings. The first kappa shape index (κ1) is 36.8. The second-order valence-electron chi connectivity index (χ2n) is 13.1. The van der Waals surface area contributed by atoms with Gasteiger partial charge in [0.1, 0.15) is 6.04 Å². The highest BCUT2D eigenvalue weighted by molar-refractivity contribution is 7.11. The zero-order valence-electron chi connectivity index (χ0n) is 28.7. The van der Waals surface area contributed by atoms with Crippen molar-refractivity contribution in [1.82, 2.24) is 30.7 Å². The lowest BCUT2D eigenvalue weighted by molar-refractivity contribution is -0.138. The first-order valence-corrected chi connectivity index (χ1v) is 18.7. The van der Waals surface area contributed by atoms with Gasteiger partial charge in [0.2, 0.25) is 23.4 Å². The maximum Gasteiger partial charge on any atom is 0.258 e. The van der Waals surface area contributed by atoms with Gasteiger partial charge in [0, 0.05) is 34.3 Å². The number of nitrogens with two attached hydrogens (primary N) is 1. The quantitative estimate of drug-likeness (QED) is 0.114. The summed E-state index contributed by atoms with van der Waals surface area (Å²) in [5.41, 5.74) is 8.09. The van der Waals surface area contributed by atoms with Crippen molar-refractivity contribution in [3.8, 4) is 11.5 Å². The Labute approximate surface area is 306 Å². The Morgan fingerprint density at radius 1 is 1.10 bits per heavy atom. The van der Waals surface area contributed by atoms with Crippen LogP contribution in [0.4, 0.5) is 0 Å². The number of carbonyl (C=O) groups excluding carboxylic acids is 3. The van der Waals surface area contributed by atoms with Crippen molar-refractivity contribution in [2.75, 3.05) is 26.2 Å². The molecule has 2 amide bonds. The van der Waals surface area contributed by atoms with E-state index >= 15 is 0 Å². The van der Waals surface area contributed by atoms with Gasteiger partial charge < -0.3 is 30.5 Å². The van der Waals surface area contributed by atoms with Crippen LogP contribution in [0.25, 0.3) is 11.5 Å². The number of amides is 2. The van der Waals surface area contributed by atoms with E-state index in [2.05, 4.69) is 20.8 Å². The predicted molar refractivity (Wildman–Crippen MR) is 194 cm³/mol. The van der Waals surface area contributed by atoms with E-state index in [1.165, 1.54) is 0 Å². The summed E-state index contributed by atoms with van der Waals surface area (Å²) in [6.45, 7) is 4.88. The van der Waals surface area contributed by atoms with Crippen LogP contribution in [0.5, 0.6) is 0 Å². The molecule has 0 spiro atoms. The number of ether oxygens (including phenoxy) is 1. The number of hydrogen-bond acceptors (Lipinski definition) is 11. The number of piperidine rings is 1. The summed E-state index contributed by atoms with van der Waals surface area (Å²) in [6, 6.07) is 14.7. The molecule has 2 aliphatic heterocycles. The van der Waals surface area contributed by atoms with Crippen molar-refractivity contribution >= 4 is 40.5 Å². The topological polar surface area (TPSA) is 166 Å².